The first-order valence-corrected chi connectivity index (χ1v) is 31.8. The Labute approximate surface area is 493 Å². The molecule has 22 atom stereocenters. The monoisotopic (exact) mass is 1200 g/mol. The molecule has 14 N–H and O–H groups in total. The van der Waals surface area contributed by atoms with Gasteiger partial charge in [-0.2, -0.15) is 0 Å². The summed E-state index contributed by atoms with van der Waals surface area (Å²) in [4.78, 5) is 13.4. The lowest BCUT2D eigenvalue weighted by molar-refractivity contribution is -0.405. The van der Waals surface area contributed by atoms with Crippen LogP contribution in [0.15, 0.2) is 12.2 Å². The van der Waals surface area contributed by atoms with Gasteiger partial charge >= 0.3 is 0 Å². The van der Waals surface area contributed by atoms with Gasteiger partial charge in [-0.3, -0.25) is 4.79 Å². The van der Waals surface area contributed by atoms with E-state index in [-0.39, 0.29) is 12.3 Å². The summed E-state index contributed by atoms with van der Waals surface area (Å²) in [7, 11) is 0. The van der Waals surface area contributed by atoms with Crippen LogP contribution in [-0.2, 0) is 42.7 Å². The van der Waals surface area contributed by atoms with E-state index in [1.807, 2.05) is 6.08 Å². The SMILES string of the molecule is CCCCCCCCCCCCC/C=C/[C@@H](O)[C@H](CO[C@@H]1OC(CO)[C@@H](O[C@@H]2OC(CO)[C@H](O)[C@H](O[C@H]3OC(CO)[C@H](O)[C@H](O)C3O)C2O[C@H]2OC(C)[C@@H](O)C(O)[C@@H]2O)[C@H](O)C1O)NC(=O)CCCCCCCCCCCCCCCCC. The van der Waals surface area contributed by atoms with Gasteiger partial charge in [0.25, 0.3) is 0 Å². The molecular weight excluding hydrogens is 1090 g/mol. The lowest BCUT2D eigenvalue weighted by Gasteiger charge is -2.50. The van der Waals surface area contributed by atoms with Crippen LogP contribution >= 0.6 is 0 Å². The van der Waals surface area contributed by atoms with Crippen molar-refractivity contribution < 1.29 is 109 Å². The number of ether oxygens (including phenoxy) is 8. The maximum atomic E-state index is 13.4. The Bertz CT molecular complexity index is 1690. The van der Waals surface area contributed by atoms with Crippen LogP contribution in [0.25, 0.3) is 0 Å². The molecule has 488 valence electrons. The lowest BCUT2D eigenvalue weighted by Crippen LogP contribution is -2.68. The predicted octanol–water partition coefficient (Wildman–Crippen LogP) is 2.67. The lowest BCUT2D eigenvalue weighted by atomic mass is 9.95. The fourth-order valence-corrected chi connectivity index (χ4v) is 11.2. The molecule has 8 unspecified atom stereocenters. The van der Waals surface area contributed by atoms with Crippen LogP contribution in [0.2, 0.25) is 0 Å². The van der Waals surface area contributed by atoms with Crippen molar-refractivity contribution in [1.29, 1.82) is 0 Å². The predicted molar refractivity (Wildman–Crippen MR) is 304 cm³/mol. The highest BCUT2D eigenvalue weighted by Crippen LogP contribution is 2.36. The van der Waals surface area contributed by atoms with Crippen LogP contribution in [-0.4, -0.2) is 234 Å². The van der Waals surface area contributed by atoms with Crippen molar-refractivity contribution in [3.63, 3.8) is 0 Å². The normalized spacial score (nSPS) is 35.0. The summed E-state index contributed by atoms with van der Waals surface area (Å²) in [5.41, 5.74) is 0. The van der Waals surface area contributed by atoms with E-state index in [9.17, 15) is 71.2 Å². The van der Waals surface area contributed by atoms with Gasteiger partial charge in [0.2, 0.25) is 5.91 Å². The van der Waals surface area contributed by atoms with E-state index < -0.39 is 161 Å². The van der Waals surface area contributed by atoms with Crippen molar-refractivity contribution >= 4 is 5.91 Å². The van der Waals surface area contributed by atoms with Gasteiger partial charge in [-0.25, -0.2) is 0 Å². The molecule has 4 heterocycles. The summed E-state index contributed by atoms with van der Waals surface area (Å²) in [6.07, 6.45) is -1.81. The van der Waals surface area contributed by atoms with Crippen molar-refractivity contribution in [1.82, 2.24) is 5.32 Å². The van der Waals surface area contributed by atoms with E-state index in [4.69, 9.17) is 37.9 Å². The number of hydrogen-bond acceptors (Lipinski definition) is 22. The van der Waals surface area contributed by atoms with Gasteiger partial charge in [-0.05, 0) is 26.2 Å². The van der Waals surface area contributed by atoms with Crippen LogP contribution in [0.5, 0.6) is 0 Å². The van der Waals surface area contributed by atoms with Gasteiger partial charge in [0, 0.05) is 6.42 Å². The highest BCUT2D eigenvalue weighted by molar-refractivity contribution is 5.76. The van der Waals surface area contributed by atoms with E-state index in [2.05, 4.69) is 19.2 Å². The number of allylic oxidation sites excluding steroid dienone is 1. The maximum Gasteiger partial charge on any atom is 0.220 e. The second-order valence-corrected chi connectivity index (χ2v) is 23.6. The van der Waals surface area contributed by atoms with Crippen LogP contribution in [0.3, 0.4) is 0 Å². The molecule has 0 bridgehead atoms. The molecule has 4 rings (SSSR count). The molecule has 4 fully saturated rings. The van der Waals surface area contributed by atoms with Crippen molar-refractivity contribution in [3.8, 4) is 0 Å². The molecule has 23 heteroatoms. The molecule has 23 nitrogen and oxygen atoms in total. The van der Waals surface area contributed by atoms with Crippen molar-refractivity contribution in [3.05, 3.63) is 12.2 Å². The summed E-state index contributed by atoms with van der Waals surface area (Å²) in [6.45, 7) is 2.72. The third-order valence-corrected chi connectivity index (χ3v) is 16.7. The molecule has 4 aliphatic rings. The summed E-state index contributed by atoms with van der Waals surface area (Å²) < 4.78 is 47.3. The Hall–Kier alpha value is -1.63. The largest absolute Gasteiger partial charge is 0.394 e. The molecule has 0 aromatic rings. The molecule has 1 amide bonds. The quantitative estimate of drug-likeness (QED) is 0.0308. The molecule has 0 spiro atoms. The number of aliphatic hydroxyl groups is 13. The molecule has 4 saturated heterocycles. The molecule has 0 aromatic carbocycles. The first-order chi connectivity index (χ1) is 40.0. The second kappa shape index (κ2) is 41.6. The van der Waals surface area contributed by atoms with Gasteiger partial charge in [0.15, 0.2) is 25.2 Å². The Morgan fingerprint density at radius 2 is 0.855 bits per heavy atom. The fraction of sp³-hybridized carbons (Fsp3) is 0.950. The van der Waals surface area contributed by atoms with Crippen LogP contribution < -0.4 is 5.32 Å². The smallest absolute Gasteiger partial charge is 0.220 e. The van der Waals surface area contributed by atoms with E-state index in [0.717, 1.165) is 44.9 Å². The molecule has 0 radical (unpaired) electrons. The molecule has 4 aliphatic heterocycles. The Kier molecular flexibility index (Phi) is 37.0. The summed E-state index contributed by atoms with van der Waals surface area (Å²) >= 11 is 0. The third kappa shape index (κ3) is 24.7. The van der Waals surface area contributed by atoms with Gasteiger partial charge in [-0.15, -0.1) is 0 Å². The van der Waals surface area contributed by atoms with E-state index >= 15 is 0 Å². The van der Waals surface area contributed by atoms with Crippen LogP contribution in [0.1, 0.15) is 201 Å². The maximum absolute atomic E-state index is 13.4. The minimum absolute atomic E-state index is 0.209. The zero-order chi connectivity index (χ0) is 60.7. The molecule has 0 saturated carbocycles. The van der Waals surface area contributed by atoms with Crippen molar-refractivity contribution in [2.75, 3.05) is 26.4 Å². The molecule has 83 heavy (non-hydrogen) atoms. The average Bonchev–Trinajstić information content (AvgIpc) is 2.93. The van der Waals surface area contributed by atoms with Crippen LogP contribution in [0, 0.1) is 0 Å². The van der Waals surface area contributed by atoms with Gasteiger partial charge < -0.3 is 110 Å². The number of hydrogen-bond donors (Lipinski definition) is 14. The number of amides is 1. The van der Waals surface area contributed by atoms with Gasteiger partial charge in [0.1, 0.15) is 91.6 Å². The number of carbonyl (C=O) groups excluding carboxylic acids is 1. The van der Waals surface area contributed by atoms with Crippen molar-refractivity contribution in [2.24, 2.45) is 0 Å². The minimum atomic E-state index is -2.02. The summed E-state index contributed by atoms with van der Waals surface area (Å²) in [5.74, 6) is -0.311. The standard InChI is InChI=1S/C60H111NO22/c1-4-6-8-10-12-14-16-18-19-21-23-25-27-29-31-33-44(66)61-39(40(65)32-30-28-26-24-22-20-17-15-13-11-9-7-5-2)37-76-57-53(75)50(72)54(43(36-64)80-57)81-60-56(83-58-51(73)48(70)45(67)38(3)77-58)55(47(69)42(35-63)79-60)82-59-52(74)49(71)46(68)41(34-62)78-59/h30,32,38-43,45-60,62-65,67-75H,4-29,31,33-37H2,1-3H3,(H,61,66)/b32-30+/t38?,39-,40+,41?,42?,43?,45+,46-,47-,48?,49-,50+,51-,52?,53?,54+,55-,56?,57+,58+,59+,60-/m0/s1. The van der Waals surface area contributed by atoms with E-state index in [1.54, 1.807) is 6.08 Å². The number of nitrogens with one attached hydrogen (secondary N) is 1. The topological polar surface area (TPSA) is 366 Å². The Morgan fingerprint density at radius 3 is 1.37 bits per heavy atom. The number of rotatable bonds is 43. The van der Waals surface area contributed by atoms with E-state index in [0.29, 0.717) is 12.8 Å². The van der Waals surface area contributed by atoms with Gasteiger partial charge in [-0.1, -0.05) is 180 Å². The fourth-order valence-electron chi connectivity index (χ4n) is 11.2. The summed E-state index contributed by atoms with van der Waals surface area (Å²) in [6, 6.07) is -1.03. The number of aliphatic hydroxyl groups excluding tert-OH is 13. The Balaban J connectivity index is 1.42. The number of carbonyl (C=O) groups is 1. The molecule has 0 aromatic heterocycles. The third-order valence-electron chi connectivity index (χ3n) is 16.7. The Morgan fingerprint density at radius 1 is 0.446 bits per heavy atom. The molecular formula is C60H111NO22. The first-order valence-electron chi connectivity index (χ1n) is 31.8. The summed E-state index contributed by atoms with van der Waals surface area (Å²) in [5, 5.41) is 144. The van der Waals surface area contributed by atoms with Gasteiger partial charge in [0.05, 0.1) is 44.7 Å². The van der Waals surface area contributed by atoms with E-state index in [1.165, 1.54) is 122 Å². The van der Waals surface area contributed by atoms with Crippen LogP contribution in [0.4, 0.5) is 0 Å². The minimum Gasteiger partial charge on any atom is -0.394 e. The highest BCUT2D eigenvalue weighted by atomic mass is 16.8. The highest BCUT2D eigenvalue weighted by Gasteiger charge is 2.56. The second-order valence-electron chi connectivity index (χ2n) is 23.6. The first kappa shape index (κ1) is 73.8. The van der Waals surface area contributed by atoms with Crippen molar-refractivity contribution in [2.45, 2.75) is 336 Å². The average molecular weight is 1200 g/mol. The number of unbranched alkanes of at least 4 members (excludes halogenated alkanes) is 25. The molecule has 0 aliphatic carbocycles. The zero-order valence-corrected chi connectivity index (χ0v) is 50.0. The zero-order valence-electron chi connectivity index (χ0n) is 50.0.